The Hall–Kier alpha value is -1.88. The summed E-state index contributed by atoms with van der Waals surface area (Å²) >= 11 is 0. The van der Waals surface area contributed by atoms with Gasteiger partial charge in [-0.2, -0.15) is 0 Å². The molecule has 1 unspecified atom stereocenters. The molecule has 89 heavy (non-hydrogen) atoms. The summed E-state index contributed by atoms with van der Waals surface area (Å²) in [7, 11) is -4.99. The molecule has 2 aliphatic heterocycles. The first-order valence-corrected chi connectivity index (χ1v) is 37.7. The lowest BCUT2D eigenvalue weighted by Gasteiger charge is -2.45. The van der Waals surface area contributed by atoms with Crippen LogP contribution in [0.1, 0.15) is 316 Å². The van der Waals surface area contributed by atoms with Crippen LogP contribution in [0.5, 0.6) is 0 Å². The van der Waals surface area contributed by atoms with Crippen molar-refractivity contribution in [3.05, 3.63) is 0 Å². The fourth-order valence-electron chi connectivity index (χ4n) is 12.1. The maximum absolute atomic E-state index is 14.0. The number of nitrogens with two attached hydrogens (primary N) is 1. The molecule has 0 aromatic heterocycles. The van der Waals surface area contributed by atoms with Crippen molar-refractivity contribution in [1.29, 1.82) is 0 Å². The lowest BCUT2D eigenvalue weighted by atomic mass is 9.95. The number of esters is 1. The van der Waals surface area contributed by atoms with Gasteiger partial charge in [-0.1, -0.05) is 271 Å². The predicted octanol–water partition coefficient (Wildman–Crippen LogP) is 12.2. The van der Waals surface area contributed by atoms with Crippen LogP contribution in [0.2, 0.25) is 0 Å². The van der Waals surface area contributed by atoms with Crippen molar-refractivity contribution in [2.24, 2.45) is 5.73 Å². The smallest absolute Gasteiger partial charge is 0.462 e. The third-order valence-corrected chi connectivity index (χ3v) is 18.6. The van der Waals surface area contributed by atoms with Gasteiger partial charge in [0.1, 0.15) is 54.8 Å². The molecule has 0 bridgehead atoms. The predicted molar refractivity (Wildman–Crippen MR) is 349 cm³/mol. The number of hydrogen-bond acceptors (Lipinski definition) is 17. The second-order valence-electron chi connectivity index (χ2n) is 25.9. The number of nitrogens with one attached hydrogen (secondary N) is 2. The number of rotatable bonds is 60. The number of carbonyl (C=O) groups is 3. The highest BCUT2D eigenvalue weighted by molar-refractivity contribution is 7.47. The van der Waals surface area contributed by atoms with Crippen molar-refractivity contribution in [3.8, 4) is 0 Å². The van der Waals surface area contributed by atoms with E-state index >= 15 is 0 Å². The number of aliphatic hydroxyl groups excluding tert-OH is 6. The number of ether oxygens (including phenoxy) is 4. The van der Waals surface area contributed by atoms with Crippen molar-refractivity contribution in [1.82, 2.24) is 10.6 Å². The summed E-state index contributed by atoms with van der Waals surface area (Å²) in [4.78, 5) is 51.3. The first kappa shape index (κ1) is 83.2. The quantitative estimate of drug-likeness (QED) is 0.0154. The van der Waals surface area contributed by atoms with E-state index in [0.29, 0.717) is 25.7 Å². The zero-order valence-corrected chi connectivity index (χ0v) is 56.9. The van der Waals surface area contributed by atoms with Gasteiger partial charge in [-0.25, -0.2) is 4.57 Å². The van der Waals surface area contributed by atoms with Crippen molar-refractivity contribution in [2.45, 2.75) is 390 Å². The molecule has 0 aromatic carbocycles. The van der Waals surface area contributed by atoms with Gasteiger partial charge in [-0.15, -0.1) is 0 Å². The van der Waals surface area contributed by atoms with Crippen molar-refractivity contribution >= 4 is 25.6 Å². The van der Waals surface area contributed by atoms with Gasteiger partial charge < -0.3 is 70.8 Å². The van der Waals surface area contributed by atoms with Gasteiger partial charge in [-0.05, 0) is 25.7 Å². The normalized spacial score (nSPS) is 23.4. The third-order valence-electron chi connectivity index (χ3n) is 17.7. The zero-order valence-electron chi connectivity index (χ0n) is 56.0. The van der Waals surface area contributed by atoms with Gasteiger partial charge in [0.2, 0.25) is 11.8 Å². The highest BCUT2D eigenvalue weighted by Crippen LogP contribution is 2.46. The number of phosphoric acid groups is 1. The fourth-order valence-corrected chi connectivity index (χ4v) is 12.9. The van der Waals surface area contributed by atoms with Crippen molar-refractivity contribution in [3.63, 3.8) is 0 Å². The molecule has 20 nitrogen and oxygen atoms in total. The van der Waals surface area contributed by atoms with Crippen LogP contribution >= 0.6 is 7.82 Å². The van der Waals surface area contributed by atoms with Crippen molar-refractivity contribution < 1.29 is 82.5 Å². The first-order chi connectivity index (χ1) is 43.1. The maximum atomic E-state index is 14.0. The molecule has 2 fully saturated rings. The Morgan fingerprint density at radius 3 is 1.27 bits per heavy atom. The Balaban J connectivity index is 2.06. The van der Waals surface area contributed by atoms with E-state index in [4.69, 9.17) is 33.7 Å². The molecular weight excluding hydrogens is 1160 g/mol. The molecule has 2 saturated heterocycles. The Bertz CT molecular complexity index is 1760. The first-order valence-electron chi connectivity index (χ1n) is 36.2. The summed E-state index contributed by atoms with van der Waals surface area (Å²) in [6.07, 6.45) is 32.8. The number of hydrogen-bond donors (Lipinski definition) is 10. The molecule has 526 valence electrons. The highest BCUT2D eigenvalue weighted by atomic mass is 31.2. The van der Waals surface area contributed by atoms with Gasteiger partial charge in [-0.3, -0.25) is 23.4 Å². The van der Waals surface area contributed by atoms with Gasteiger partial charge in [0, 0.05) is 13.0 Å². The Morgan fingerprint density at radius 1 is 0.494 bits per heavy atom. The van der Waals surface area contributed by atoms with E-state index in [1.54, 1.807) is 0 Å². The Labute approximate surface area is 538 Å². The lowest BCUT2D eigenvalue weighted by molar-refractivity contribution is -0.296. The largest absolute Gasteiger partial charge is 0.474 e. The summed E-state index contributed by atoms with van der Waals surface area (Å²) in [5, 5.41) is 71.4. The Kier molecular flexibility index (Phi) is 50.8. The number of carbonyl (C=O) groups excluding carboxylic acids is 3. The summed E-state index contributed by atoms with van der Waals surface area (Å²) < 4.78 is 47.1. The van der Waals surface area contributed by atoms with Crippen LogP contribution in [-0.2, 0) is 46.9 Å². The van der Waals surface area contributed by atoms with E-state index < -0.39 is 119 Å². The minimum absolute atomic E-state index is 0.159. The Morgan fingerprint density at radius 2 is 0.854 bits per heavy atom. The summed E-state index contributed by atoms with van der Waals surface area (Å²) in [6.45, 7) is 4.66. The summed E-state index contributed by atoms with van der Waals surface area (Å²) in [5.74, 6) is -1.80. The van der Waals surface area contributed by atoms with Crippen LogP contribution in [0.25, 0.3) is 0 Å². The molecule has 0 aromatic rings. The maximum Gasteiger partial charge on any atom is 0.474 e. The van der Waals surface area contributed by atoms with E-state index in [9.17, 15) is 54.5 Å². The average Bonchev–Trinajstić information content (AvgIpc) is 1.80. The van der Waals surface area contributed by atoms with Gasteiger partial charge >= 0.3 is 13.8 Å². The molecule has 21 heteroatoms. The zero-order chi connectivity index (χ0) is 65.2. The average molecular weight is 1290 g/mol. The van der Waals surface area contributed by atoms with Crippen LogP contribution in [-0.4, -0.2) is 153 Å². The monoisotopic (exact) mass is 1290 g/mol. The van der Waals surface area contributed by atoms with Crippen LogP contribution < -0.4 is 16.4 Å². The minimum atomic E-state index is -4.99. The van der Waals surface area contributed by atoms with Crippen LogP contribution in [0.15, 0.2) is 0 Å². The molecule has 2 aliphatic rings. The molecule has 0 spiro atoms. The highest BCUT2D eigenvalue weighted by Gasteiger charge is 2.50. The molecule has 2 amide bonds. The molecule has 0 aliphatic carbocycles. The molecule has 11 N–H and O–H groups in total. The van der Waals surface area contributed by atoms with E-state index in [1.165, 1.54) is 173 Å². The van der Waals surface area contributed by atoms with E-state index in [-0.39, 0.29) is 25.8 Å². The van der Waals surface area contributed by atoms with E-state index in [1.807, 2.05) is 0 Å². The number of unbranched alkanes of at least 4 members (excludes halogenated alkanes) is 38. The second kappa shape index (κ2) is 54.4. The molecule has 0 radical (unpaired) electrons. The summed E-state index contributed by atoms with van der Waals surface area (Å²) in [5.41, 5.74) is 5.49. The van der Waals surface area contributed by atoms with E-state index in [2.05, 4.69) is 31.4 Å². The van der Waals surface area contributed by atoms with Crippen LogP contribution in [0.3, 0.4) is 0 Å². The minimum Gasteiger partial charge on any atom is -0.462 e. The molecule has 2 rings (SSSR count). The molecule has 2 heterocycles. The molecule has 0 saturated carbocycles. The number of phosphoric ester groups is 1. The van der Waals surface area contributed by atoms with Crippen LogP contribution in [0.4, 0.5) is 0 Å². The molecule has 13 atom stereocenters. The number of amides is 2. The van der Waals surface area contributed by atoms with Crippen LogP contribution in [0, 0.1) is 0 Å². The van der Waals surface area contributed by atoms with E-state index in [0.717, 1.165) is 77.0 Å². The second-order valence-corrected chi connectivity index (χ2v) is 27.3. The lowest BCUT2D eigenvalue weighted by Crippen LogP contribution is -2.66. The number of aliphatic hydroxyl groups is 6. The van der Waals surface area contributed by atoms with Gasteiger partial charge in [0.15, 0.2) is 12.6 Å². The standard InChI is InChI=1S/C68H132N3O17P/c1-4-7-10-13-16-19-22-25-26-29-32-35-38-41-44-47-60(76)85-55(46-43-40-37-34-31-28-24-21-18-15-12-9-6-3)51-59(75)71-61-65(79)63(77)56(52-72)86-67(61)83-53-57-64(78)66(80)62(68(87-57)88-89(81,82)84-49-48-69)70-58(74)50-54(73)45-42-39-36-33-30-27-23-20-17-14-11-8-5-2/h54-57,61-68,72-73,77-80H,4-53,69H2,1-3H3,(H,70,74)(H,71,75)(H,81,82)/t54-,55-,56-,57-,61-,62-,63-,64-,65-,66-,67-,68-/m1/s1. The van der Waals surface area contributed by atoms with Gasteiger partial charge in [0.05, 0.1) is 38.8 Å². The fraction of sp³-hybridized carbons (Fsp3) is 0.956. The topological polar surface area (TPSA) is 315 Å². The van der Waals surface area contributed by atoms with Crippen molar-refractivity contribution in [2.75, 3.05) is 26.4 Å². The third kappa shape index (κ3) is 40.9. The van der Waals surface area contributed by atoms with Gasteiger partial charge in [0.25, 0.3) is 0 Å². The summed E-state index contributed by atoms with van der Waals surface area (Å²) in [6, 6.07) is -3.16. The molecular formula is C68H132N3O17P. The SMILES string of the molecule is CCCCCCCCCCCCCCCCCC(=O)O[C@H](CCCCCCCCCCCCCCC)CC(=O)N[C@H]1[C@H](OC[C@H]2O[C@H](OP(=O)(O)OCCN)[C@H](NC(=O)C[C@H](O)CCCCCCCCCCCCCCC)[C@@H](O)[C@@H]2O)O[C@H](CO)[C@@H](O)[C@@H]1O.